The summed E-state index contributed by atoms with van der Waals surface area (Å²) in [7, 11) is -4.09. The lowest BCUT2D eigenvalue weighted by Gasteiger charge is -2.18. The van der Waals surface area contributed by atoms with Gasteiger partial charge in [0.1, 0.15) is 11.4 Å². The van der Waals surface area contributed by atoms with Gasteiger partial charge in [-0.2, -0.15) is 8.42 Å². The molecule has 0 spiro atoms. The number of aryl methyl sites for hydroxylation is 1. The minimum atomic E-state index is -4.09. The van der Waals surface area contributed by atoms with E-state index in [9.17, 15) is 22.8 Å². The first kappa shape index (κ1) is 25.8. The number of carbonyl (C=O) groups is 3. The lowest BCUT2D eigenvalue weighted by atomic mass is 10.2. The van der Waals surface area contributed by atoms with Gasteiger partial charge >= 0.3 is 10.1 Å². The SMILES string of the molecule is CCOc1cc(/C=C2\SC(=O)N(CC(=O)N3CCCC3)C2=O)ccc1OS(=O)(=O)c1ccc(C)cc1. The van der Waals surface area contributed by atoms with Crippen LogP contribution in [0.4, 0.5) is 4.79 Å². The van der Waals surface area contributed by atoms with Crippen molar-refractivity contribution in [2.24, 2.45) is 0 Å². The monoisotopic (exact) mass is 530 g/mol. The van der Waals surface area contributed by atoms with Gasteiger partial charge in [0.2, 0.25) is 5.91 Å². The Balaban J connectivity index is 1.53. The van der Waals surface area contributed by atoms with E-state index in [1.165, 1.54) is 30.3 Å². The molecule has 4 rings (SSSR count). The van der Waals surface area contributed by atoms with Crippen LogP contribution in [-0.2, 0) is 19.7 Å². The molecule has 2 aliphatic heterocycles. The molecule has 0 atom stereocenters. The second kappa shape index (κ2) is 10.8. The summed E-state index contributed by atoms with van der Waals surface area (Å²) < 4.78 is 36.4. The van der Waals surface area contributed by atoms with E-state index >= 15 is 0 Å². The Hall–Kier alpha value is -3.31. The molecule has 0 aliphatic carbocycles. The standard InChI is InChI=1S/C25H26N2O7S2/c1-3-33-21-14-18(8-11-20(21)34-36(31,32)19-9-6-17(2)7-10-19)15-22-24(29)27(25(30)35-22)16-23(28)26-12-4-5-13-26/h6-11,14-15H,3-5,12-13,16H2,1-2H3/b22-15-. The van der Waals surface area contributed by atoms with E-state index in [2.05, 4.69) is 0 Å². The van der Waals surface area contributed by atoms with Crippen molar-refractivity contribution in [3.8, 4) is 11.5 Å². The number of hydrogen-bond acceptors (Lipinski definition) is 8. The van der Waals surface area contributed by atoms with Gasteiger partial charge in [-0.15, -0.1) is 0 Å². The average molecular weight is 531 g/mol. The molecule has 9 nitrogen and oxygen atoms in total. The molecule has 2 heterocycles. The van der Waals surface area contributed by atoms with E-state index in [0.29, 0.717) is 18.7 Å². The maximum absolute atomic E-state index is 12.8. The van der Waals surface area contributed by atoms with Gasteiger partial charge in [-0.05, 0) is 74.4 Å². The quantitative estimate of drug-likeness (QED) is 0.374. The van der Waals surface area contributed by atoms with E-state index in [4.69, 9.17) is 8.92 Å². The topological polar surface area (TPSA) is 110 Å². The zero-order valence-electron chi connectivity index (χ0n) is 19.9. The second-order valence-corrected chi connectivity index (χ2v) is 10.9. The van der Waals surface area contributed by atoms with Crippen molar-refractivity contribution in [2.45, 2.75) is 31.6 Å². The lowest BCUT2D eigenvalue weighted by Crippen LogP contribution is -2.40. The molecule has 0 saturated carbocycles. The Morgan fingerprint density at radius 2 is 1.75 bits per heavy atom. The number of nitrogens with zero attached hydrogens (tertiary/aromatic N) is 2. The molecular weight excluding hydrogens is 504 g/mol. The normalized spacial score (nSPS) is 17.2. The molecule has 3 amide bonds. The molecule has 190 valence electrons. The lowest BCUT2D eigenvalue weighted by molar-refractivity contribution is -0.135. The van der Waals surface area contributed by atoms with Crippen molar-refractivity contribution in [3.05, 3.63) is 58.5 Å². The van der Waals surface area contributed by atoms with Crippen LogP contribution in [0.3, 0.4) is 0 Å². The molecule has 2 aromatic carbocycles. The number of thioether (sulfide) groups is 1. The van der Waals surface area contributed by atoms with Gasteiger partial charge in [0.15, 0.2) is 11.5 Å². The molecule has 0 unspecified atom stereocenters. The Bertz CT molecular complexity index is 1310. The zero-order valence-corrected chi connectivity index (χ0v) is 21.6. The van der Waals surface area contributed by atoms with Crippen LogP contribution in [0, 0.1) is 6.92 Å². The Labute approximate surface area is 214 Å². The van der Waals surface area contributed by atoms with Crippen LogP contribution >= 0.6 is 11.8 Å². The summed E-state index contributed by atoms with van der Waals surface area (Å²) in [5.74, 6) is -0.618. The molecule has 0 N–H and O–H groups in total. The number of imide groups is 1. The molecule has 36 heavy (non-hydrogen) atoms. The smallest absolute Gasteiger partial charge is 0.339 e. The van der Waals surface area contributed by atoms with Gasteiger partial charge in [-0.25, -0.2) is 0 Å². The van der Waals surface area contributed by atoms with Crippen molar-refractivity contribution >= 4 is 45.0 Å². The third-order valence-corrected chi connectivity index (χ3v) is 7.86. The van der Waals surface area contributed by atoms with Crippen LogP contribution < -0.4 is 8.92 Å². The average Bonchev–Trinajstić information content (AvgIpc) is 3.46. The molecule has 0 radical (unpaired) electrons. The zero-order chi connectivity index (χ0) is 25.9. The third kappa shape index (κ3) is 5.73. The van der Waals surface area contributed by atoms with Crippen LogP contribution in [0.5, 0.6) is 11.5 Å². The summed E-state index contributed by atoms with van der Waals surface area (Å²) in [5, 5.41) is -0.507. The van der Waals surface area contributed by atoms with Crippen molar-refractivity contribution in [2.75, 3.05) is 26.2 Å². The number of rotatable bonds is 8. The summed E-state index contributed by atoms with van der Waals surface area (Å²) in [6.07, 6.45) is 3.34. The number of carbonyl (C=O) groups excluding carboxylic acids is 3. The fourth-order valence-electron chi connectivity index (χ4n) is 3.81. The predicted octanol–water partition coefficient (Wildman–Crippen LogP) is 3.82. The minimum Gasteiger partial charge on any atom is -0.490 e. The first-order chi connectivity index (χ1) is 17.2. The number of amides is 3. The Morgan fingerprint density at radius 3 is 2.42 bits per heavy atom. The maximum atomic E-state index is 12.8. The molecule has 11 heteroatoms. The summed E-state index contributed by atoms with van der Waals surface area (Å²) in [6.45, 7) is 4.84. The summed E-state index contributed by atoms with van der Waals surface area (Å²) in [6, 6.07) is 10.8. The van der Waals surface area contributed by atoms with E-state index in [1.807, 2.05) is 6.92 Å². The first-order valence-electron chi connectivity index (χ1n) is 11.5. The fourth-order valence-corrected chi connectivity index (χ4v) is 5.59. The van der Waals surface area contributed by atoms with Crippen molar-refractivity contribution in [1.29, 1.82) is 0 Å². The number of benzene rings is 2. The van der Waals surface area contributed by atoms with Crippen LogP contribution in [0.25, 0.3) is 6.08 Å². The highest BCUT2D eigenvalue weighted by atomic mass is 32.2. The van der Waals surface area contributed by atoms with Gasteiger partial charge in [0, 0.05) is 13.1 Å². The van der Waals surface area contributed by atoms with Crippen molar-refractivity contribution in [1.82, 2.24) is 9.80 Å². The molecule has 0 bridgehead atoms. The molecular formula is C25H26N2O7S2. The molecule has 2 aliphatic rings. The van der Waals surface area contributed by atoms with Gasteiger partial charge in [-0.1, -0.05) is 23.8 Å². The summed E-state index contributed by atoms with van der Waals surface area (Å²) >= 11 is 0.753. The minimum absolute atomic E-state index is 0.00103. The van der Waals surface area contributed by atoms with Crippen LogP contribution in [-0.4, -0.2) is 61.5 Å². The van der Waals surface area contributed by atoms with Gasteiger partial charge in [0.25, 0.3) is 11.1 Å². The van der Waals surface area contributed by atoms with E-state index < -0.39 is 21.3 Å². The molecule has 2 saturated heterocycles. The third-order valence-electron chi connectivity index (χ3n) is 5.70. The number of likely N-dealkylation sites (tertiary alicyclic amines) is 1. The van der Waals surface area contributed by atoms with Gasteiger partial charge in [-0.3, -0.25) is 19.3 Å². The van der Waals surface area contributed by atoms with Gasteiger partial charge < -0.3 is 13.8 Å². The molecule has 0 aromatic heterocycles. The van der Waals surface area contributed by atoms with E-state index in [1.54, 1.807) is 30.0 Å². The Morgan fingerprint density at radius 1 is 1.06 bits per heavy atom. The van der Waals surface area contributed by atoms with Crippen LogP contribution in [0.1, 0.15) is 30.9 Å². The van der Waals surface area contributed by atoms with Crippen LogP contribution in [0.15, 0.2) is 52.3 Å². The fraction of sp³-hybridized carbons (Fsp3) is 0.320. The van der Waals surface area contributed by atoms with Crippen LogP contribution in [0.2, 0.25) is 0 Å². The molecule has 2 aromatic rings. The highest BCUT2D eigenvalue weighted by molar-refractivity contribution is 8.18. The number of ether oxygens (including phenoxy) is 1. The predicted molar refractivity (Wildman–Crippen MR) is 135 cm³/mol. The second-order valence-electron chi connectivity index (χ2n) is 8.35. The van der Waals surface area contributed by atoms with Crippen molar-refractivity contribution in [3.63, 3.8) is 0 Å². The number of hydrogen-bond donors (Lipinski definition) is 0. The maximum Gasteiger partial charge on any atom is 0.339 e. The summed E-state index contributed by atoms with van der Waals surface area (Å²) in [4.78, 5) is 40.4. The highest BCUT2D eigenvalue weighted by Crippen LogP contribution is 2.35. The van der Waals surface area contributed by atoms with E-state index in [0.717, 1.165) is 35.1 Å². The first-order valence-corrected chi connectivity index (χ1v) is 13.7. The molecule has 2 fully saturated rings. The summed E-state index contributed by atoms with van der Waals surface area (Å²) in [5.41, 5.74) is 1.42. The van der Waals surface area contributed by atoms with E-state index in [-0.39, 0.29) is 40.4 Å². The Kier molecular flexibility index (Phi) is 7.70. The van der Waals surface area contributed by atoms with Crippen molar-refractivity contribution < 1.29 is 31.7 Å². The van der Waals surface area contributed by atoms with Gasteiger partial charge in [0.05, 0.1) is 11.5 Å². The largest absolute Gasteiger partial charge is 0.490 e. The highest BCUT2D eigenvalue weighted by Gasteiger charge is 2.37.